The summed E-state index contributed by atoms with van der Waals surface area (Å²) in [4.78, 5) is 4.47. The van der Waals surface area contributed by atoms with Crippen molar-refractivity contribution < 1.29 is 13.2 Å². The van der Waals surface area contributed by atoms with Gasteiger partial charge in [0.15, 0.2) is 11.6 Å². The Labute approximate surface area is 124 Å². The third-order valence-corrected chi connectivity index (χ3v) is 4.23. The van der Waals surface area contributed by atoms with Crippen LogP contribution in [0.15, 0.2) is 12.1 Å². The third-order valence-electron chi connectivity index (χ3n) is 4.23. The van der Waals surface area contributed by atoms with Crippen molar-refractivity contribution in [2.24, 2.45) is 0 Å². The SMILES string of the molecule is CCCN1CCC(N(C)Cc2cc(F)c(F)cc2F)CC1. The first-order valence-electron chi connectivity index (χ1n) is 7.57. The van der Waals surface area contributed by atoms with Gasteiger partial charge < -0.3 is 4.90 Å². The van der Waals surface area contributed by atoms with Crippen molar-refractivity contribution in [3.8, 4) is 0 Å². The predicted octanol–water partition coefficient (Wildman–Crippen LogP) is 3.41. The quantitative estimate of drug-likeness (QED) is 0.769. The molecular weight excluding hydrogens is 277 g/mol. The van der Waals surface area contributed by atoms with Gasteiger partial charge in [-0.3, -0.25) is 4.90 Å². The van der Waals surface area contributed by atoms with Crippen molar-refractivity contribution in [2.45, 2.75) is 38.8 Å². The smallest absolute Gasteiger partial charge is 0.161 e. The molecule has 2 rings (SSSR count). The number of likely N-dealkylation sites (tertiary alicyclic amines) is 1. The van der Waals surface area contributed by atoms with E-state index in [1.807, 2.05) is 11.9 Å². The Morgan fingerprint density at radius 3 is 2.33 bits per heavy atom. The van der Waals surface area contributed by atoms with Crippen LogP contribution in [0.3, 0.4) is 0 Å². The highest BCUT2D eigenvalue weighted by Gasteiger charge is 2.23. The Morgan fingerprint density at radius 2 is 1.71 bits per heavy atom. The van der Waals surface area contributed by atoms with Crippen molar-refractivity contribution in [2.75, 3.05) is 26.7 Å². The summed E-state index contributed by atoms with van der Waals surface area (Å²) >= 11 is 0. The van der Waals surface area contributed by atoms with E-state index >= 15 is 0 Å². The molecule has 0 radical (unpaired) electrons. The van der Waals surface area contributed by atoms with Gasteiger partial charge in [-0.1, -0.05) is 6.92 Å². The van der Waals surface area contributed by atoms with Crippen LogP contribution < -0.4 is 0 Å². The molecule has 1 saturated heterocycles. The molecule has 0 aromatic heterocycles. The van der Waals surface area contributed by atoms with Crippen LogP contribution in [-0.4, -0.2) is 42.5 Å². The molecule has 1 aromatic rings. The molecule has 0 aliphatic carbocycles. The largest absolute Gasteiger partial charge is 0.303 e. The van der Waals surface area contributed by atoms with Crippen molar-refractivity contribution in [1.82, 2.24) is 9.80 Å². The first kappa shape index (κ1) is 16.3. The highest BCUT2D eigenvalue weighted by atomic mass is 19.2. The van der Waals surface area contributed by atoms with E-state index < -0.39 is 17.5 Å². The van der Waals surface area contributed by atoms with Gasteiger partial charge >= 0.3 is 0 Å². The van der Waals surface area contributed by atoms with Gasteiger partial charge in [0.05, 0.1) is 0 Å². The molecule has 118 valence electrons. The fourth-order valence-electron chi connectivity index (χ4n) is 2.98. The molecular formula is C16H23F3N2. The lowest BCUT2D eigenvalue weighted by atomic mass is 10.0. The van der Waals surface area contributed by atoms with Gasteiger partial charge in [0, 0.05) is 24.2 Å². The van der Waals surface area contributed by atoms with Crippen LogP contribution in [0.5, 0.6) is 0 Å². The van der Waals surface area contributed by atoms with Crippen molar-refractivity contribution in [1.29, 1.82) is 0 Å². The molecule has 5 heteroatoms. The first-order valence-corrected chi connectivity index (χ1v) is 7.57. The maximum atomic E-state index is 13.7. The number of benzene rings is 1. The molecule has 1 aromatic carbocycles. The number of hydrogen-bond donors (Lipinski definition) is 0. The van der Waals surface area contributed by atoms with Crippen molar-refractivity contribution in [3.05, 3.63) is 35.1 Å². The molecule has 1 fully saturated rings. The monoisotopic (exact) mass is 300 g/mol. The van der Waals surface area contributed by atoms with Gasteiger partial charge in [0.2, 0.25) is 0 Å². The van der Waals surface area contributed by atoms with Gasteiger partial charge in [0.25, 0.3) is 0 Å². The lowest BCUT2D eigenvalue weighted by Gasteiger charge is -2.36. The van der Waals surface area contributed by atoms with E-state index in [0.717, 1.165) is 45.0 Å². The Morgan fingerprint density at radius 1 is 1.10 bits per heavy atom. The molecule has 0 saturated carbocycles. The van der Waals surface area contributed by atoms with Crippen LogP contribution in [0.1, 0.15) is 31.7 Å². The van der Waals surface area contributed by atoms with E-state index in [4.69, 9.17) is 0 Å². The lowest BCUT2D eigenvalue weighted by molar-refractivity contribution is 0.122. The fraction of sp³-hybridized carbons (Fsp3) is 0.625. The summed E-state index contributed by atoms with van der Waals surface area (Å²) in [5.74, 6) is -2.80. The molecule has 2 nitrogen and oxygen atoms in total. The van der Waals surface area contributed by atoms with E-state index in [9.17, 15) is 13.2 Å². The van der Waals surface area contributed by atoms with Gasteiger partial charge in [0.1, 0.15) is 5.82 Å². The summed E-state index contributed by atoms with van der Waals surface area (Å²) in [5.41, 5.74) is 0.215. The maximum Gasteiger partial charge on any atom is 0.161 e. The molecule has 0 unspecified atom stereocenters. The minimum atomic E-state index is -1.13. The highest BCUT2D eigenvalue weighted by Crippen LogP contribution is 2.20. The summed E-state index contributed by atoms with van der Waals surface area (Å²) < 4.78 is 39.8. The number of nitrogens with zero attached hydrogens (tertiary/aromatic N) is 2. The Bertz CT molecular complexity index is 471. The summed E-state index contributed by atoms with van der Waals surface area (Å²) in [5, 5.41) is 0. The topological polar surface area (TPSA) is 6.48 Å². The Kier molecular flexibility index (Phi) is 5.65. The second kappa shape index (κ2) is 7.27. The zero-order valence-electron chi connectivity index (χ0n) is 12.7. The minimum absolute atomic E-state index is 0.215. The van der Waals surface area contributed by atoms with Crippen LogP contribution in [0.2, 0.25) is 0 Å². The van der Waals surface area contributed by atoms with Crippen molar-refractivity contribution >= 4 is 0 Å². The number of halogens is 3. The first-order chi connectivity index (χ1) is 10.0. The van der Waals surface area contributed by atoms with E-state index in [1.165, 1.54) is 0 Å². The molecule has 0 amide bonds. The molecule has 1 aliphatic rings. The van der Waals surface area contributed by atoms with Crippen LogP contribution in [0.4, 0.5) is 13.2 Å². The van der Waals surface area contributed by atoms with Gasteiger partial charge in [-0.05, 0) is 52.0 Å². The molecule has 1 heterocycles. The highest BCUT2D eigenvalue weighted by molar-refractivity contribution is 5.20. The van der Waals surface area contributed by atoms with Crippen molar-refractivity contribution in [3.63, 3.8) is 0 Å². The Balaban J connectivity index is 1.93. The second-order valence-electron chi connectivity index (χ2n) is 5.85. The Hall–Kier alpha value is -1.07. The summed E-state index contributed by atoms with van der Waals surface area (Å²) in [7, 11) is 1.92. The molecule has 1 aliphatic heterocycles. The summed E-state index contributed by atoms with van der Waals surface area (Å²) in [6, 6.07) is 1.96. The van der Waals surface area contributed by atoms with Crippen LogP contribution >= 0.6 is 0 Å². The van der Waals surface area contributed by atoms with Gasteiger partial charge in [-0.25, -0.2) is 13.2 Å². The average molecular weight is 300 g/mol. The van der Waals surface area contributed by atoms with Gasteiger partial charge in [-0.15, -0.1) is 0 Å². The molecule has 0 bridgehead atoms. The zero-order chi connectivity index (χ0) is 15.4. The number of piperidine rings is 1. The third kappa shape index (κ3) is 4.20. The zero-order valence-corrected chi connectivity index (χ0v) is 12.7. The van der Waals surface area contributed by atoms with Crippen LogP contribution in [0, 0.1) is 17.5 Å². The van der Waals surface area contributed by atoms with Crippen LogP contribution in [0.25, 0.3) is 0 Å². The molecule has 21 heavy (non-hydrogen) atoms. The van der Waals surface area contributed by atoms with E-state index in [0.29, 0.717) is 18.7 Å². The minimum Gasteiger partial charge on any atom is -0.303 e. The van der Waals surface area contributed by atoms with Gasteiger partial charge in [-0.2, -0.15) is 0 Å². The average Bonchev–Trinajstić information content (AvgIpc) is 2.46. The number of rotatable bonds is 5. The molecule has 0 atom stereocenters. The van der Waals surface area contributed by atoms with E-state index in [2.05, 4.69) is 11.8 Å². The standard InChI is InChI=1S/C16H23F3N2/c1-3-6-21-7-4-13(5-8-21)20(2)11-12-9-15(18)16(19)10-14(12)17/h9-10,13H,3-8,11H2,1-2H3. The molecule has 0 N–H and O–H groups in total. The van der Waals surface area contributed by atoms with E-state index in [-0.39, 0.29) is 5.56 Å². The van der Waals surface area contributed by atoms with E-state index in [1.54, 1.807) is 0 Å². The normalized spacial score (nSPS) is 17.6. The summed E-state index contributed by atoms with van der Waals surface area (Å²) in [6.45, 7) is 5.69. The van der Waals surface area contributed by atoms with Crippen LogP contribution in [-0.2, 0) is 6.54 Å². The second-order valence-corrected chi connectivity index (χ2v) is 5.85. The summed E-state index contributed by atoms with van der Waals surface area (Å²) in [6.07, 6.45) is 3.21. The fourth-order valence-corrected chi connectivity index (χ4v) is 2.98. The lowest BCUT2D eigenvalue weighted by Crippen LogP contribution is -2.43. The molecule has 0 spiro atoms. The number of hydrogen-bond acceptors (Lipinski definition) is 2. The predicted molar refractivity (Wildman–Crippen MR) is 77.5 cm³/mol. The maximum absolute atomic E-state index is 13.7.